The van der Waals surface area contributed by atoms with E-state index in [1.54, 1.807) is 12.1 Å². The lowest BCUT2D eigenvalue weighted by atomic mass is 10.1. The second kappa shape index (κ2) is 8.19. The van der Waals surface area contributed by atoms with Crippen molar-refractivity contribution in [2.75, 3.05) is 4.90 Å². The van der Waals surface area contributed by atoms with E-state index in [0.717, 1.165) is 25.9 Å². The molecule has 0 radical (unpaired) electrons. The SMILES string of the molecule is Cc1ccc(S(=O)(=O)NC(=O)/N=C2\c3ccccc3CN2c2ccc(I)cc2)cc1. The van der Waals surface area contributed by atoms with Crippen molar-refractivity contribution in [1.29, 1.82) is 0 Å². The number of carbonyl (C=O) groups excluding carboxylic acids is 1. The Hall–Kier alpha value is -2.72. The van der Waals surface area contributed by atoms with Gasteiger partial charge in [-0.3, -0.25) is 0 Å². The molecule has 1 N–H and O–H groups in total. The largest absolute Gasteiger partial charge is 0.356 e. The average molecular weight is 531 g/mol. The third-order valence-electron chi connectivity index (χ3n) is 4.74. The van der Waals surface area contributed by atoms with Crippen molar-refractivity contribution < 1.29 is 13.2 Å². The number of carbonyl (C=O) groups is 1. The van der Waals surface area contributed by atoms with Crippen LogP contribution < -0.4 is 9.62 Å². The Labute approximate surface area is 188 Å². The van der Waals surface area contributed by atoms with Gasteiger partial charge in [-0.1, -0.05) is 42.0 Å². The Bertz CT molecular complexity index is 1240. The summed E-state index contributed by atoms with van der Waals surface area (Å²) >= 11 is 2.23. The molecule has 0 fully saturated rings. The molecule has 3 aromatic carbocycles. The van der Waals surface area contributed by atoms with E-state index in [0.29, 0.717) is 12.4 Å². The summed E-state index contributed by atoms with van der Waals surface area (Å²) < 4.78 is 28.2. The van der Waals surface area contributed by atoms with Crippen LogP contribution in [0.4, 0.5) is 10.5 Å². The number of urea groups is 1. The van der Waals surface area contributed by atoms with Crippen LogP contribution in [0.3, 0.4) is 0 Å². The zero-order valence-corrected chi connectivity index (χ0v) is 19.0. The normalized spacial score (nSPS) is 14.6. The number of amides is 2. The van der Waals surface area contributed by atoms with Gasteiger partial charge in [-0.2, -0.15) is 4.99 Å². The number of aliphatic imine (C=N–C) groups is 1. The van der Waals surface area contributed by atoms with Gasteiger partial charge in [0.15, 0.2) is 0 Å². The predicted octanol–water partition coefficient (Wildman–Crippen LogP) is 4.46. The topological polar surface area (TPSA) is 78.8 Å². The number of fused-ring (bicyclic) bond motifs is 1. The molecule has 0 saturated carbocycles. The first-order valence-electron chi connectivity index (χ1n) is 9.17. The van der Waals surface area contributed by atoms with Crippen LogP contribution in [0.2, 0.25) is 0 Å². The van der Waals surface area contributed by atoms with E-state index < -0.39 is 16.1 Å². The van der Waals surface area contributed by atoms with Crippen LogP contribution in [0.25, 0.3) is 0 Å². The molecule has 1 heterocycles. The number of rotatable bonds is 3. The highest BCUT2D eigenvalue weighted by Crippen LogP contribution is 2.29. The molecule has 4 rings (SSSR count). The van der Waals surface area contributed by atoms with Gasteiger partial charge < -0.3 is 4.90 Å². The summed E-state index contributed by atoms with van der Waals surface area (Å²) in [6.07, 6.45) is 0. The number of sulfonamides is 1. The smallest absolute Gasteiger partial charge is 0.321 e. The first-order valence-corrected chi connectivity index (χ1v) is 11.7. The molecule has 0 aromatic heterocycles. The van der Waals surface area contributed by atoms with Crippen molar-refractivity contribution in [3.05, 3.63) is 93.1 Å². The van der Waals surface area contributed by atoms with Crippen molar-refractivity contribution in [2.45, 2.75) is 18.4 Å². The summed E-state index contributed by atoms with van der Waals surface area (Å²) in [7, 11) is -4.01. The monoisotopic (exact) mass is 531 g/mol. The molecule has 152 valence electrons. The van der Waals surface area contributed by atoms with Gasteiger partial charge in [0.1, 0.15) is 5.84 Å². The Morgan fingerprint density at radius 3 is 2.37 bits per heavy atom. The molecule has 0 unspecified atom stereocenters. The predicted molar refractivity (Wildman–Crippen MR) is 125 cm³/mol. The average Bonchev–Trinajstić information content (AvgIpc) is 3.07. The number of hydrogen-bond donors (Lipinski definition) is 1. The zero-order chi connectivity index (χ0) is 21.3. The third kappa shape index (κ3) is 4.24. The third-order valence-corrected chi connectivity index (χ3v) is 6.80. The van der Waals surface area contributed by atoms with Gasteiger partial charge in [-0.25, -0.2) is 17.9 Å². The van der Waals surface area contributed by atoms with Gasteiger partial charge in [-0.15, -0.1) is 0 Å². The minimum atomic E-state index is -4.01. The molecule has 6 nitrogen and oxygen atoms in total. The molecule has 0 spiro atoms. The van der Waals surface area contributed by atoms with Gasteiger partial charge in [0.05, 0.1) is 11.4 Å². The van der Waals surface area contributed by atoms with Crippen LogP contribution >= 0.6 is 22.6 Å². The lowest BCUT2D eigenvalue weighted by Crippen LogP contribution is -2.31. The highest BCUT2D eigenvalue weighted by Gasteiger charge is 2.28. The number of aryl methyl sites for hydroxylation is 1. The standard InChI is InChI=1S/C22H18IN3O3S/c1-15-6-12-19(13-7-15)30(28,29)25-22(27)24-21-20-5-3-2-4-16(20)14-26(21)18-10-8-17(23)9-11-18/h2-13H,14H2,1H3,(H,25,27)/b24-21+. The first kappa shape index (κ1) is 20.5. The fourth-order valence-electron chi connectivity index (χ4n) is 3.23. The van der Waals surface area contributed by atoms with Crippen LogP contribution in [0.1, 0.15) is 16.7 Å². The second-order valence-electron chi connectivity index (χ2n) is 6.88. The van der Waals surface area contributed by atoms with Crippen LogP contribution in [0, 0.1) is 10.5 Å². The molecule has 0 atom stereocenters. The number of nitrogens with zero attached hydrogens (tertiary/aromatic N) is 2. The van der Waals surface area contributed by atoms with E-state index in [1.807, 2.05) is 65.1 Å². The molecular weight excluding hydrogens is 513 g/mol. The number of nitrogens with one attached hydrogen (secondary N) is 1. The van der Waals surface area contributed by atoms with E-state index in [2.05, 4.69) is 27.6 Å². The van der Waals surface area contributed by atoms with Crippen LogP contribution in [-0.4, -0.2) is 20.3 Å². The Balaban J connectivity index is 1.67. The molecule has 1 aliphatic heterocycles. The van der Waals surface area contributed by atoms with Crippen molar-refractivity contribution >= 4 is 50.2 Å². The van der Waals surface area contributed by atoms with Crippen molar-refractivity contribution in [3.8, 4) is 0 Å². The minimum Gasteiger partial charge on any atom is -0.321 e. The molecule has 8 heteroatoms. The van der Waals surface area contributed by atoms with Crippen LogP contribution in [0.5, 0.6) is 0 Å². The molecular formula is C22H18IN3O3S. The van der Waals surface area contributed by atoms with Gasteiger partial charge in [0.25, 0.3) is 10.0 Å². The summed E-state index contributed by atoms with van der Waals surface area (Å²) in [5.41, 5.74) is 3.62. The quantitative estimate of drug-likeness (QED) is 0.507. The van der Waals surface area contributed by atoms with Crippen molar-refractivity contribution in [3.63, 3.8) is 0 Å². The number of anilines is 1. The summed E-state index contributed by atoms with van der Waals surface area (Å²) in [4.78, 5) is 18.6. The number of benzene rings is 3. The number of amidine groups is 1. The Morgan fingerprint density at radius 2 is 1.67 bits per heavy atom. The van der Waals surface area contributed by atoms with Gasteiger partial charge in [-0.05, 0) is 71.5 Å². The summed E-state index contributed by atoms with van der Waals surface area (Å²) in [6, 6.07) is 20.8. The lowest BCUT2D eigenvalue weighted by molar-refractivity contribution is 0.254. The van der Waals surface area contributed by atoms with Crippen LogP contribution in [0.15, 0.2) is 82.7 Å². The maximum absolute atomic E-state index is 12.6. The highest BCUT2D eigenvalue weighted by molar-refractivity contribution is 14.1. The first-order chi connectivity index (χ1) is 14.3. The van der Waals surface area contributed by atoms with Crippen molar-refractivity contribution in [1.82, 2.24) is 4.72 Å². The molecule has 0 saturated heterocycles. The number of hydrogen-bond acceptors (Lipinski definition) is 3. The lowest BCUT2D eigenvalue weighted by Gasteiger charge is -2.19. The van der Waals surface area contributed by atoms with E-state index in [9.17, 15) is 13.2 Å². The molecule has 1 aliphatic rings. The van der Waals surface area contributed by atoms with E-state index >= 15 is 0 Å². The molecule has 3 aromatic rings. The summed E-state index contributed by atoms with van der Waals surface area (Å²) in [5.74, 6) is 0.420. The Morgan fingerprint density at radius 1 is 1.00 bits per heavy atom. The Kier molecular flexibility index (Phi) is 5.61. The highest BCUT2D eigenvalue weighted by atomic mass is 127. The maximum atomic E-state index is 12.6. The molecule has 0 bridgehead atoms. The fraction of sp³-hybridized carbons (Fsp3) is 0.0909. The van der Waals surface area contributed by atoms with Gasteiger partial charge >= 0.3 is 6.03 Å². The van der Waals surface area contributed by atoms with E-state index in [4.69, 9.17) is 0 Å². The molecule has 0 aliphatic carbocycles. The van der Waals surface area contributed by atoms with Gasteiger partial charge in [0.2, 0.25) is 0 Å². The van der Waals surface area contributed by atoms with Crippen molar-refractivity contribution in [2.24, 2.45) is 4.99 Å². The van der Waals surface area contributed by atoms with Gasteiger partial charge in [0, 0.05) is 14.8 Å². The fourth-order valence-corrected chi connectivity index (χ4v) is 4.48. The second-order valence-corrected chi connectivity index (χ2v) is 9.81. The zero-order valence-electron chi connectivity index (χ0n) is 16.0. The van der Waals surface area contributed by atoms with E-state index in [-0.39, 0.29) is 4.90 Å². The van der Waals surface area contributed by atoms with Crippen LogP contribution in [-0.2, 0) is 16.6 Å². The van der Waals surface area contributed by atoms with E-state index in [1.165, 1.54) is 12.1 Å². The number of halogens is 1. The maximum Gasteiger partial charge on any atom is 0.356 e. The summed E-state index contributed by atoms with van der Waals surface area (Å²) in [5, 5.41) is 0. The minimum absolute atomic E-state index is 0.0166. The molecule has 2 amide bonds. The molecule has 30 heavy (non-hydrogen) atoms. The summed E-state index contributed by atoms with van der Waals surface area (Å²) in [6.45, 7) is 2.41.